The number of pyridine rings is 1. The molecule has 0 radical (unpaired) electrons. The molecule has 1 nitrogen and oxygen atoms in total. The number of aromatic nitrogens is 1. The lowest BCUT2D eigenvalue weighted by atomic mass is 10.0. The molecule has 0 aliphatic carbocycles. The Hall–Kier alpha value is -0.990. The average molecular weight is 357 g/mol. The molecule has 0 saturated carbocycles. The van der Waals surface area contributed by atoms with Crippen LogP contribution in [0, 0.1) is 6.92 Å². The van der Waals surface area contributed by atoms with Crippen LogP contribution >= 0.6 is 46.4 Å². The standard InChI is InChI=1S/C16H9Cl4N/c1-8-13(19)12-14(20)10(17)7-11(18)16(12)21-15(8)9-5-3-2-4-6-9/h2-7H,1H3. The number of rotatable bonds is 1. The molecule has 21 heavy (non-hydrogen) atoms. The number of benzene rings is 2. The fourth-order valence-corrected chi connectivity index (χ4v) is 3.33. The fraction of sp³-hybridized carbons (Fsp3) is 0.0625. The van der Waals surface area contributed by atoms with Crippen molar-refractivity contribution in [2.75, 3.05) is 0 Å². The first-order chi connectivity index (χ1) is 10.0. The normalized spacial score (nSPS) is 11.1. The third-order valence-electron chi connectivity index (χ3n) is 3.32. The summed E-state index contributed by atoms with van der Waals surface area (Å²) in [5.41, 5.74) is 3.16. The highest BCUT2D eigenvalue weighted by Crippen LogP contribution is 2.42. The first-order valence-corrected chi connectivity index (χ1v) is 7.70. The number of halogens is 4. The molecule has 1 aromatic heterocycles. The van der Waals surface area contributed by atoms with E-state index in [9.17, 15) is 0 Å². The smallest absolute Gasteiger partial charge is 0.0926 e. The Morgan fingerprint density at radius 1 is 0.857 bits per heavy atom. The molecular formula is C16H9Cl4N. The van der Waals surface area contributed by atoms with E-state index in [1.807, 2.05) is 37.3 Å². The van der Waals surface area contributed by atoms with Crippen LogP contribution in [0.4, 0.5) is 0 Å². The van der Waals surface area contributed by atoms with Gasteiger partial charge in [0.2, 0.25) is 0 Å². The minimum atomic E-state index is 0.365. The van der Waals surface area contributed by atoms with Gasteiger partial charge in [0.25, 0.3) is 0 Å². The molecule has 106 valence electrons. The van der Waals surface area contributed by atoms with Crippen LogP contribution in [-0.2, 0) is 0 Å². The zero-order chi connectivity index (χ0) is 15.1. The van der Waals surface area contributed by atoms with E-state index in [-0.39, 0.29) is 0 Å². The predicted molar refractivity (Wildman–Crippen MR) is 92.0 cm³/mol. The molecule has 1 heterocycles. The van der Waals surface area contributed by atoms with Crippen molar-refractivity contribution in [3.8, 4) is 11.3 Å². The average Bonchev–Trinajstić information content (AvgIpc) is 2.48. The van der Waals surface area contributed by atoms with Gasteiger partial charge in [-0.15, -0.1) is 0 Å². The Labute approximate surface area is 142 Å². The van der Waals surface area contributed by atoms with Gasteiger partial charge in [0.05, 0.1) is 31.3 Å². The fourth-order valence-electron chi connectivity index (χ4n) is 2.26. The van der Waals surface area contributed by atoms with Crippen molar-refractivity contribution in [3.05, 3.63) is 62.1 Å². The Kier molecular flexibility index (Phi) is 4.02. The summed E-state index contributed by atoms with van der Waals surface area (Å²) in [7, 11) is 0. The Morgan fingerprint density at radius 2 is 1.52 bits per heavy atom. The maximum atomic E-state index is 6.49. The molecule has 0 N–H and O–H groups in total. The zero-order valence-corrected chi connectivity index (χ0v) is 13.9. The minimum absolute atomic E-state index is 0.365. The van der Waals surface area contributed by atoms with Gasteiger partial charge in [0.1, 0.15) is 0 Å². The van der Waals surface area contributed by atoms with E-state index in [1.54, 1.807) is 6.07 Å². The van der Waals surface area contributed by atoms with Crippen molar-refractivity contribution < 1.29 is 0 Å². The largest absolute Gasteiger partial charge is 0.246 e. The van der Waals surface area contributed by atoms with E-state index in [1.165, 1.54) is 0 Å². The summed E-state index contributed by atoms with van der Waals surface area (Å²) < 4.78 is 0. The van der Waals surface area contributed by atoms with Crippen molar-refractivity contribution >= 4 is 57.3 Å². The second-order valence-corrected chi connectivity index (χ2v) is 6.21. The topological polar surface area (TPSA) is 12.9 Å². The van der Waals surface area contributed by atoms with Gasteiger partial charge in [-0.05, 0) is 18.6 Å². The lowest BCUT2D eigenvalue weighted by Gasteiger charge is -2.13. The molecular weight excluding hydrogens is 348 g/mol. The van der Waals surface area contributed by atoms with E-state index in [0.29, 0.717) is 31.0 Å². The van der Waals surface area contributed by atoms with Crippen LogP contribution in [-0.4, -0.2) is 4.98 Å². The number of hydrogen-bond acceptors (Lipinski definition) is 1. The summed E-state index contributed by atoms with van der Waals surface area (Å²) in [6.07, 6.45) is 0. The van der Waals surface area contributed by atoms with Crippen LogP contribution in [0.15, 0.2) is 36.4 Å². The number of hydrogen-bond donors (Lipinski definition) is 0. The lowest BCUT2D eigenvalue weighted by Crippen LogP contribution is -1.94. The summed E-state index contributed by atoms with van der Waals surface area (Å²) >= 11 is 25.1. The zero-order valence-electron chi connectivity index (χ0n) is 10.9. The molecule has 2 aromatic carbocycles. The SMILES string of the molecule is Cc1c(-c2ccccc2)nc2c(Cl)cc(Cl)c(Cl)c2c1Cl. The molecule has 0 aliphatic heterocycles. The number of nitrogens with zero attached hydrogens (tertiary/aromatic N) is 1. The summed E-state index contributed by atoms with van der Waals surface area (Å²) in [6.45, 7) is 1.91. The van der Waals surface area contributed by atoms with Crippen LogP contribution in [0.1, 0.15) is 5.56 Å². The molecule has 0 atom stereocenters. The van der Waals surface area contributed by atoms with Crippen molar-refractivity contribution in [2.24, 2.45) is 0 Å². The maximum absolute atomic E-state index is 6.49. The van der Waals surface area contributed by atoms with E-state index >= 15 is 0 Å². The van der Waals surface area contributed by atoms with E-state index in [2.05, 4.69) is 4.98 Å². The van der Waals surface area contributed by atoms with Gasteiger partial charge < -0.3 is 0 Å². The van der Waals surface area contributed by atoms with Crippen LogP contribution in [0.3, 0.4) is 0 Å². The molecule has 3 rings (SSSR count). The Bertz CT molecular complexity index is 844. The molecule has 3 aromatic rings. The highest BCUT2D eigenvalue weighted by molar-refractivity contribution is 6.50. The molecule has 0 spiro atoms. The third kappa shape index (κ3) is 2.49. The quantitative estimate of drug-likeness (QED) is 0.435. The van der Waals surface area contributed by atoms with Gasteiger partial charge in [-0.2, -0.15) is 0 Å². The second-order valence-electron chi connectivity index (χ2n) is 4.64. The second kappa shape index (κ2) is 5.66. The van der Waals surface area contributed by atoms with E-state index < -0.39 is 0 Å². The number of fused-ring (bicyclic) bond motifs is 1. The Morgan fingerprint density at radius 3 is 2.19 bits per heavy atom. The maximum Gasteiger partial charge on any atom is 0.0926 e. The van der Waals surface area contributed by atoms with Gasteiger partial charge in [0.15, 0.2) is 0 Å². The van der Waals surface area contributed by atoms with Crippen LogP contribution < -0.4 is 0 Å². The monoisotopic (exact) mass is 355 g/mol. The van der Waals surface area contributed by atoms with Crippen LogP contribution in [0.2, 0.25) is 20.1 Å². The first-order valence-electron chi connectivity index (χ1n) is 6.19. The van der Waals surface area contributed by atoms with Gasteiger partial charge in [-0.1, -0.05) is 76.7 Å². The predicted octanol–water partition coefficient (Wildman–Crippen LogP) is 6.82. The van der Waals surface area contributed by atoms with E-state index in [4.69, 9.17) is 46.4 Å². The third-order valence-corrected chi connectivity index (χ3v) is 4.87. The highest BCUT2D eigenvalue weighted by atomic mass is 35.5. The molecule has 0 amide bonds. The van der Waals surface area contributed by atoms with Crippen LogP contribution in [0.25, 0.3) is 22.2 Å². The van der Waals surface area contributed by atoms with Crippen molar-refractivity contribution in [1.29, 1.82) is 0 Å². The molecule has 0 saturated heterocycles. The summed E-state index contributed by atoms with van der Waals surface area (Å²) in [6, 6.07) is 11.4. The van der Waals surface area contributed by atoms with Gasteiger partial charge in [-0.25, -0.2) is 4.98 Å². The summed E-state index contributed by atoms with van der Waals surface area (Å²) in [5, 5.41) is 2.28. The first kappa shape index (κ1) is 14.9. The molecule has 5 heteroatoms. The molecule has 0 unspecified atom stereocenters. The van der Waals surface area contributed by atoms with Gasteiger partial charge in [-0.3, -0.25) is 0 Å². The molecule has 0 bridgehead atoms. The molecule has 0 aliphatic rings. The molecule has 0 fully saturated rings. The Balaban J connectivity index is 2.44. The van der Waals surface area contributed by atoms with Gasteiger partial charge >= 0.3 is 0 Å². The van der Waals surface area contributed by atoms with E-state index in [0.717, 1.165) is 16.8 Å². The lowest BCUT2D eigenvalue weighted by molar-refractivity contribution is 1.33. The summed E-state index contributed by atoms with van der Waals surface area (Å²) in [5.74, 6) is 0. The van der Waals surface area contributed by atoms with Crippen molar-refractivity contribution in [1.82, 2.24) is 4.98 Å². The summed E-state index contributed by atoms with van der Waals surface area (Å²) in [4.78, 5) is 4.65. The van der Waals surface area contributed by atoms with Crippen LogP contribution in [0.5, 0.6) is 0 Å². The minimum Gasteiger partial charge on any atom is -0.246 e. The van der Waals surface area contributed by atoms with Gasteiger partial charge in [0, 0.05) is 10.9 Å². The van der Waals surface area contributed by atoms with Crippen molar-refractivity contribution in [2.45, 2.75) is 6.92 Å². The highest BCUT2D eigenvalue weighted by Gasteiger charge is 2.18. The van der Waals surface area contributed by atoms with Crippen molar-refractivity contribution in [3.63, 3.8) is 0 Å².